The predicted molar refractivity (Wildman–Crippen MR) is 125 cm³/mol. The smallest absolute Gasteiger partial charge is 0.409 e. The van der Waals surface area contributed by atoms with Crippen molar-refractivity contribution in [1.82, 2.24) is 5.16 Å². The number of aromatic nitrogens is 1. The Kier molecular flexibility index (Phi) is 6.73. The fourth-order valence-corrected chi connectivity index (χ4v) is 6.17. The molecule has 0 saturated heterocycles. The lowest BCUT2D eigenvalue weighted by Crippen LogP contribution is -2.21. The Hall–Kier alpha value is -3.09. The summed E-state index contributed by atoms with van der Waals surface area (Å²) in [7, 11) is -4.23. The van der Waals surface area contributed by atoms with Crippen molar-refractivity contribution in [2.45, 2.75) is 39.5 Å². The highest BCUT2D eigenvalue weighted by Crippen LogP contribution is 2.35. The first kappa shape index (κ1) is 24.6. The number of primary amides is 1. The highest BCUT2D eigenvalue weighted by Gasteiger charge is 2.30. The van der Waals surface area contributed by atoms with Crippen LogP contribution in [0.15, 0.2) is 20.9 Å². The zero-order chi connectivity index (χ0) is 24.7. The van der Waals surface area contributed by atoms with Gasteiger partial charge in [0.25, 0.3) is 21.8 Å². The number of thiophene rings is 1. The van der Waals surface area contributed by atoms with Gasteiger partial charge >= 0.3 is 6.09 Å². The number of carbonyl (C=O) groups excluding carboxylic acids is 2. The molecule has 2 aromatic heterocycles. The van der Waals surface area contributed by atoms with Crippen LogP contribution in [0.3, 0.4) is 0 Å². The highest BCUT2D eigenvalue weighted by molar-refractivity contribution is 7.93. The number of nitrogens with zero attached hydrogens (tertiary/aromatic N) is 1. The van der Waals surface area contributed by atoms with Crippen LogP contribution in [0.4, 0.5) is 16.4 Å². The Balaban J connectivity index is 1.99. The van der Waals surface area contributed by atoms with E-state index in [9.17, 15) is 18.0 Å². The van der Waals surface area contributed by atoms with Crippen LogP contribution in [-0.2, 0) is 10.0 Å². The quantitative estimate of drug-likeness (QED) is 0.441. The maximum absolute atomic E-state index is 13.2. The van der Waals surface area contributed by atoms with Gasteiger partial charge in [-0.1, -0.05) is 22.8 Å². The van der Waals surface area contributed by atoms with Gasteiger partial charge in [-0.25, -0.2) is 17.9 Å². The first-order valence-corrected chi connectivity index (χ1v) is 12.2. The number of hydrogen-bond donors (Lipinski definition) is 3. The van der Waals surface area contributed by atoms with Gasteiger partial charge < -0.3 is 20.3 Å². The summed E-state index contributed by atoms with van der Waals surface area (Å²) in [4.78, 5) is 24.2. The predicted octanol–water partition coefficient (Wildman–Crippen LogP) is 4.44. The molecule has 0 aliphatic rings. The summed E-state index contributed by atoms with van der Waals surface area (Å²) in [5.41, 5.74) is 8.01. The maximum Gasteiger partial charge on any atom is 0.409 e. The van der Waals surface area contributed by atoms with E-state index in [-0.39, 0.29) is 26.4 Å². The summed E-state index contributed by atoms with van der Waals surface area (Å²) in [6.45, 7) is 8.27. The normalized spacial score (nSPS) is 11.3. The zero-order valence-electron chi connectivity index (χ0n) is 18.3. The average Bonchev–Trinajstić information content (AvgIpc) is 3.26. The number of aryl methyl sites for hydroxylation is 4. The zero-order valence-corrected chi connectivity index (χ0v) is 20.7. The van der Waals surface area contributed by atoms with E-state index in [1.165, 1.54) is 0 Å². The Labute approximate surface area is 199 Å². The fourth-order valence-electron chi connectivity index (χ4n) is 3.31. The molecule has 0 aliphatic heterocycles. The van der Waals surface area contributed by atoms with Crippen molar-refractivity contribution < 1.29 is 27.3 Å². The average molecular weight is 513 g/mol. The molecule has 0 aliphatic carbocycles. The van der Waals surface area contributed by atoms with Crippen LogP contribution in [0.2, 0.25) is 5.02 Å². The summed E-state index contributed by atoms with van der Waals surface area (Å²) >= 11 is 6.98. The second kappa shape index (κ2) is 9.04. The number of ether oxygens (including phenoxy) is 1. The molecule has 2 heterocycles. The highest BCUT2D eigenvalue weighted by atomic mass is 35.5. The number of halogens is 1. The third kappa shape index (κ3) is 4.82. The van der Waals surface area contributed by atoms with Gasteiger partial charge in [0.1, 0.15) is 26.2 Å². The van der Waals surface area contributed by atoms with E-state index in [0.717, 1.165) is 11.3 Å². The molecule has 0 bridgehead atoms. The van der Waals surface area contributed by atoms with Crippen LogP contribution in [0.1, 0.15) is 37.6 Å². The van der Waals surface area contributed by atoms with Crippen molar-refractivity contribution in [3.63, 3.8) is 0 Å². The van der Waals surface area contributed by atoms with Gasteiger partial charge in [-0.2, -0.15) is 0 Å². The minimum Gasteiger partial charge on any atom is -0.410 e. The van der Waals surface area contributed by atoms with Crippen molar-refractivity contribution in [2.75, 3.05) is 10.0 Å². The third-order valence-electron chi connectivity index (χ3n) is 4.75. The van der Waals surface area contributed by atoms with E-state index in [0.29, 0.717) is 33.6 Å². The maximum atomic E-state index is 13.2. The van der Waals surface area contributed by atoms with E-state index in [1.54, 1.807) is 46.1 Å². The minimum atomic E-state index is -4.23. The van der Waals surface area contributed by atoms with Gasteiger partial charge in [-0.05, 0) is 56.7 Å². The third-order valence-corrected chi connectivity index (χ3v) is 7.94. The lowest BCUT2D eigenvalue weighted by atomic mass is 10.0. The van der Waals surface area contributed by atoms with Crippen molar-refractivity contribution >= 4 is 56.5 Å². The van der Waals surface area contributed by atoms with E-state index in [1.807, 2.05) is 0 Å². The molecule has 2 amide bonds. The number of sulfonamides is 1. The van der Waals surface area contributed by atoms with E-state index in [4.69, 9.17) is 26.6 Å². The molecule has 0 spiro atoms. The summed E-state index contributed by atoms with van der Waals surface area (Å²) < 4.78 is 38.4. The second-order valence-electron chi connectivity index (χ2n) is 7.31. The number of nitrogens with two attached hydrogens (primary N) is 1. The molecule has 4 N–H and O–H groups in total. The number of anilines is 2. The van der Waals surface area contributed by atoms with Crippen molar-refractivity contribution in [2.24, 2.45) is 5.73 Å². The van der Waals surface area contributed by atoms with E-state index >= 15 is 0 Å². The molecule has 33 heavy (non-hydrogen) atoms. The molecule has 176 valence electrons. The Morgan fingerprint density at radius 2 is 1.82 bits per heavy atom. The summed E-state index contributed by atoms with van der Waals surface area (Å²) in [5.74, 6) is -0.686. The molecule has 0 fully saturated rings. The van der Waals surface area contributed by atoms with E-state index in [2.05, 4.69) is 15.2 Å². The topological polar surface area (TPSA) is 154 Å². The van der Waals surface area contributed by atoms with Crippen LogP contribution < -0.4 is 20.5 Å². The fraction of sp³-hybridized carbons (Fsp3) is 0.250. The van der Waals surface area contributed by atoms with Crippen molar-refractivity contribution in [1.29, 1.82) is 0 Å². The molecule has 3 rings (SSSR count). The van der Waals surface area contributed by atoms with Gasteiger partial charge in [0.15, 0.2) is 0 Å². The molecule has 0 atom stereocenters. The molecule has 0 unspecified atom stereocenters. The largest absolute Gasteiger partial charge is 0.410 e. The van der Waals surface area contributed by atoms with Gasteiger partial charge in [0, 0.05) is 5.56 Å². The monoisotopic (exact) mass is 512 g/mol. The number of hydrogen-bond acceptors (Lipinski definition) is 8. The molecular weight excluding hydrogens is 492 g/mol. The molecule has 0 saturated carbocycles. The first-order valence-electron chi connectivity index (χ1n) is 9.45. The minimum absolute atomic E-state index is 0.0188. The van der Waals surface area contributed by atoms with Crippen LogP contribution in [0, 0.1) is 34.6 Å². The lowest BCUT2D eigenvalue weighted by molar-refractivity contribution is 0.102. The number of nitrogens with one attached hydrogen (secondary N) is 2. The van der Waals surface area contributed by atoms with Crippen molar-refractivity contribution in [3.05, 3.63) is 49.3 Å². The number of carbonyl (C=O) groups is 2. The van der Waals surface area contributed by atoms with Gasteiger partial charge in [-0.15, -0.1) is 11.3 Å². The summed E-state index contributed by atoms with van der Waals surface area (Å²) in [5, 5.41) is 7.91. The summed E-state index contributed by atoms with van der Waals surface area (Å²) in [6, 6.07) is 1.72. The van der Waals surface area contributed by atoms with E-state index < -0.39 is 22.0 Å². The SMILES string of the molecule is Cc1cc(C)c(OC(N)=O)c(C)c1NC(=O)c1scc(C)c1S(=O)(=O)Nc1onc(C)c1Cl. The molecule has 0 radical (unpaired) electrons. The standard InChI is InChI=1S/C20H21ClN4O6S2/c1-8-6-9(2)15(30-20(22)27)11(4)14(8)23-18(26)16-17(10(3)7-32-16)33(28,29)25-19-13(21)12(5)24-31-19/h6-7,25H,1-5H3,(H2,22,27)(H,23,26). The van der Waals surface area contributed by atoms with Crippen LogP contribution in [0.25, 0.3) is 0 Å². The molecular formula is C20H21ClN4O6S2. The van der Waals surface area contributed by atoms with Crippen molar-refractivity contribution in [3.8, 4) is 5.75 Å². The van der Waals surface area contributed by atoms with Crippen LogP contribution >= 0.6 is 22.9 Å². The van der Waals surface area contributed by atoms with Crippen LogP contribution in [-0.4, -0.2) is 25.6 Å². The Bertz CT molecular complexity index is 1380. The lowest BCUT2D eigenvalue weighted by Gasteiger charge is -2.17. The van der Waals surface area contributed by atoms with Gasteiger partial charge in [-0.3, -0.25) is 4.79 Å². The second-order valence-corrected chi connectivity index (χ2v) is 10.2. The molecule has 1 aromatic carbocycles. The number of rotatable bonds is 6. The molecule has 3 aromatic rings. The molecule has 10 nitrogen and oxygen atoms in total. The molecule has 13 heteroatoms. The number of amides is 2. The Morgan fingerprint density at radius 1 is 1.15 bits per heavy atom. The summed E-state index contributed by atoms with van der Waals surface area (Å²) in [6.07, 6.45) is -0.989. The first-order chi connectivity index (χ1) is 15.3. The van der Waals surface area contributed by atoms with Crippen LogP contribution in [0.5, 0.6) is 5.75 Å². The number of benzene rings is 1. The van der Waals surface area contributed by atoms with Gasteiger partial charge in [0.05, 0.1) is 5.69 Å². The Morgan fingerprint density at radius 3 is 2.39 bits per heavy atom. The van der Waals surface area contributed by atoms with Gasteiger partial charge in [0.2, 0.25) is 0 Å².